The van der Waals surface area contributed by atoms with Gasteiger partial charge in [-0.3, -0.25) is 0 Å². The average molecular weight is 288 g/mol. The van der Waals surface area contributed by atoms with Crippen molar-refractivity contribution in [1.82, 2.24) is 5.32 Å². The fraction of sp³-hybridized carbons (Fsp3) is 0.333. The maximum Gasteiger partial charge on any atom is 0.0457 e. The molecule has 1 nitrogen and oxygen atoms in total. The molecule has 2 rings (SSSR count). The Bertz CT molecular complexity index is 563. The van der Waals surface area contributed by atoms with Crippen LogP contribution in [0.15, 0.2) is 42.5 Å². The molecule has 0 radical (unpaired) electrons. The lowest BCUT2D eigenvalue weighted by molar-refractivity contribution is 0.675. The minimum atomic E-state index is 0.835. The third kappa shape index (κ3) is 3.84. The second-order valence-electron chi connectivity index (χ2n) is 5.04. The molecule has 20 heavy (non-hydrogen) atoms. The van der Waals surface area contributed by atoms with Crippen molar-refractivity contribution in [2.45, 2.75) is 33.2 Å². The van der Waals surface area contributed by atoms with Crippen molar-refractivity contribution < 1.29 is 0 Å². The van der Waals surface area contributed by atoms with Crippen molar-refractivity contribution in [3.8, 4) is 11.1 Å². The second kappa shape index (κ2) is 7.47. The molecule has 0 bridgehead atoms. The Labute approximate surface area is 127 Å². The minimum Gasteiger partial charge on any atom is -0.313 e. The van der Waals surface area contributed by atoms with Crippen LogP contribution >= 0.6 is 11.6 Å². The number of benzene rings is 2. The summed E-state index contributed by atoms with van der Waals surface area (Å²) in [5, 5.41) is 4.23. The van der Waals surface area contributed by atoms with E-state index in [1.54, 1.807) is 0 Å². The number of halogens is 1. The fourth-order valence-electron chi connectivity index (χ4n) is 2.24. The standard InChI is InChI=1S/C18H22ClN/c1-3-10-20-13-17-9-8-16(12-18(17)19)15-7-5-6-14(4-2)11-15/h5-9,11-12,20H,3-4,10,13H2,1-2H3. The highest BCUT2D eigenvalue weighted by molar-refractivity contribution is 6.31. The molecular weight excluding hydrogens is 266 g/mol. The predicted molar refractivity (Wildman–Crippen MR) is 88.3 cm³/mol. The molecule has 2 aromatic rings. The molecule has 1 N–H and O–H groups in total. The summed E-state index contributed by atoms with van der Waals surface area (Å²) in [7, 11) is 0. The van der Waals surface area contributed by atoms with Crippen molar-refractivity contribution in [2.75, 3.05) is 6.54 Å². The third-order valence-corrected chi connectivity index (χ3v) is 3.82. The molecule has 0 saturated heterocycles. The van der Waals surface area contributed by atoms with E-state index < -0.39 is 0 Å². The van der Waals surface area contributed by atoms with Crippen LogP contribution in [-0.4, -0.2) is 6.54 Å². The summed E-state index contributed by atoms with van der Waals surface area (Å²) >= 11 is 6.39. The van der Waals surface area contributed by atoms with Gasteiger partial charge in [-0.05, 0) is 47.7 Å². The Morgan fingerprint density at radius 3 is 2.50 bits per heavy atom. The Balaban J connectivity index is 2.19. The second-order valence-corrected chi connectivity index (χ2v) is 5.44. The molecule has 0 fully saturated rings. The molecule has 0 aliphatic heterocycles. The highest BCUT2D eigenvalue weighted by Gasteiger charge is 2.04. The van der Waals surface area contributed by atoms with Crippen molar-refractivity contribution >= 4 is 11.6 Å². The van der Waals surface area contributed by atoms with E-state index in [4.69, 9.17) is 11.6 Å². The van der Waals surface area contributed by atoms with Gasteiger partial charge >= 0.3 is 0 Å². The van der Waals surface area contributed by atoms with Crippen LogP contribution in [0.25, 0.3) is 11.1 Å². The van der Waals surface area contributed by atoms with Crippen molar-refractivity contribution in [1.29, 1.82) is 0 Å². The first-order valence-electron chi connectivity index (χ1n) is 7.33. The number of hydrogen-bond donors (Lipinski definition) is 1. The van der Waals surface area contributed by atoms with Crippen LogP contribution in [-0.2, 0) is 13.0 Å². The summed E-state index contributed by atoms with van der Waals surface area (Å²) in [6.45, 7) is 6.20. The van der Waals surface area contributed by atoms with E-state index in [1.165, 1.54) is 16.7 Å². The van der Waals surface area contributed by atoms with E-state index >= 15 is 0 Å². The molecule has 106 valence electrons. The summed E-state index contributed by atoms with van der Waals surface area (Å²) in [6.07, 6.45) is 2.19. The highest BCUT2D eigenvalue weighted by Crippen LogP contribution is 2.26. The first-order chi connectivity index (χ1) is 9.74. The number of rotatable bonds is 6. The molecule has 0 spiro atoms. The molecule has 2 heteroatoms. The molecule has 2 aromatic carbocycles. The van der Waals surface area contributed by atoms with Gasteiger partial charge in [-0.1, -0.05) is 61.8 Å². The smallest absolute Gasteiger partial charge is 0.0457 e. The van der Waals surface area contributed by atoms with E-state index in [0.29, 0.717) is 0 Å². The van der Waals surface area contributed by atoms with E-state index in [9.17, 15) is 0 Å². The van der Waals surface area contributed by atoms with Gasteiger partial charge in [-0.15, -0.1) is 0 Å². The Kier molecular flexibility index (Phi) is 5.63. The zero-order valence-corrected chi connectivity index (χ0v) is 13.0. The van der Waals surface area contributed by atoms with Gasteiger partial charge in [0.1, 0.15) is 0 Å². The molecule has 0 atom stereocenters. The number of aryl methyl sites for hydroxylation is 1. The van der Waals surface area contributed by atoms with Crippen molar-refractivity contribution in [3.63, 3.8) is 0 Å². The Morgan fingerprint density at radius 1 is 1.00 bits per heavy atom. The third-order valence-electron chi connectivity index (χ3n) is 3.46. The quantitative estimate of drug-likeness (QED) is 0.732. The summed E-state index contributed by atoms with van der Waals surface area (Å²) < 4.78 is 0. The Hall–Kier alpha value is -1.31. The van der Waals surface area contributed by atoms with Crippen LogP contribution in [0.4, 0.5) is 0 Å². The fourth-order valence-corrected chi connectivity index (χ4v) is 2.49. The van der Waals surface area contributed by atoms with Crippen LogP contribution in [0, 0.1) is 0 Å². The van der Waals surface area contributed by atoms with Crippen LogP contribution in [0.3, 0.4) is 0 Å². The molecule has 0 aliphatic carbocycles. The lowest BCUT2D eigenvalue weighted by atomic mass is 10.0. The first-order valence-corrected chi connectivity index (χ1v) is 7.70. The monoisotopic (exact) mass is 287 g/mol. The summed E-state index contributed by atoms with van der Waals surface area (Å²) in [6, 6.07) is 15.0. The van der Waals surface area contributed by atoms with Gasteiger partial charge < -0.3 is 5.32 Å². The molecule has 0 saturated carbocycles. The molecule has 0 aliphatic rings. The van der Waals surface area contributed by atoms with Crippen molar-refractivity contribution in [2.24, 2.45) is 0 Å². The van der Waals surface area contributed by atoms with Crippen LogP contribution in [0.2, 0.25) is 5.02 Å². The lowest BCUT2D eigenvalue weighted by Gasteiger charge is -2.09. The topological polar surface area (TPSA) is 12.0 Å². The van der Waals surface area contributed by atoms with E-state index in [0.717, 1.165) is 36.5 Å². The molecule has 0 unspecified atom stereocenters. The van der Waals surface area contributed by atoms with Crippen LogP contribution in [0.5, 0.6) is 0 Å². The average Bonchev–Trinajstić information content (AvgIpc) is 2.49. The zero-order valence-electron chi connectivity index (χ0n) is 12.2. The maximum atomic E-state index is 6.39. The normalized spacial score (nSPS) is 10.8. The Morgan fingerprint density at radius 2 is 1.80 bits per heavy atom. The number of nitrogens with one attached hydrogen (secondary N) is 1. The van der Waals surface area contributed by atoms with Crippen LogP contribution in [0.1, 0.15) is 31.4 Å². The zero-order chi connectivity index (χ0) is 14.4. The molecular formula is C18H22ClN. The SMILES string of the molecule is CCCNCc1ccc(-c2cccc(CC)c2)cc1Cl. The first kappa shape index (κ1) is 15.1. The van der Waals surface area contributed by atoms with Gasteiger partial charge in [0.05, 0.1) is 0 Å². The maximum absolute atomic E-state index is 6.39. The van der Waals surface area contributed by atoms with Gasteiger partial charge in [0, 0.05) is 11.6 Å². The summed E-state index contributed by atoms with van der Waals surface area (Å²) in [5.41, 5.74) is 4.94. The summed E-state index contributed by atoms with van der Waals surface area (Å²) in [4.78, 5) is 0. The molecule has 0 heterocycles. The number of hydrogen-bond acceptors (Lipinski definition) is 1. The lowest BCUT2D eigenvalue weighted by Crippen LogP contribution is -2.13. The van der Waals surface area contributed by atoms with E-state index in [-0.39, 0.29) is 0 Å². The van der Waals surface area contributed by atoms with Gasteiger partial charge in [-0.25, -0.2) is 0 Å². The molecule has 0 aromatic heterocycles. The van der Waals surface area contributed by atoms with E-state index in [1.807, 2.05) is 0 Å². The predicted octanol–water partition coefficient (Wildman–Crippen LogP) is 5.07. The van der Waals surface area contributed by atoms with E-state index in [2.05, 4.69) is 61.6 Å². The van der Waals surface area contributed by atoms with Gasteiger partial charge in [-0.2, -0.15) is 0 Å². The van der Waals surface area contributed by atoms with Crippen molar-refractivity contribution in [3.05, 3.63) is 58.6 Å². The highest BCUT2D eigenvalue weighted by atomic mass is 35.5. The largest absolute Gasteiger partial charge is 0.313 e. The minimum absolute atomic E-state index is 0.835. The van der Waals surface area contributed by atoms with Gasteiger partial charge in [0.2, 0.25) is 0 Å². The van der Waals surface area contributed by atoms with Gasteiger partial charge in [0.15, 0.2) is 0 Å². The molecule has 0 amide bonds. The van der Waals surface area contributed by atoms with Gasteiger partial charge in [0.25, 0.3) is 0 Å². The van der Waals surface area contributed by atoms with Crippen LogP contribution < -0.4 is 5.32 Å². The summed E-state index contributed by atoms with van der Waals surface area (Å²) in [5.74, 6) is 0.